The average Bonchev–Trinajstić information content (AvgIpc) is 3.01. The molecule has 0 saturated heterocycles. The SMILES string of the molecule is Cl.Cl.O=C(Nc1ccc(OCC(F)(F)F)nc1)c1ccc2c(c1)CNC2. The van der Waals surface area contributed by atoms with Crippen molar-refractivity contribution in [3.05, 3.63) is 53.2 Å². The van der Waals surface area contributed by atoms with Crippen LogP contribution in [0.1, 0.15) is 21.5 Å². The first-order valence-corrected chi connectivity index (χ1v) is 7.20. The van der Waals surface area contributed by atoms with Gasteiger partial charge in [0.15, 0.2) is 6.61 Å². The summed E-state index contributed by atoms with van der Waals surface area (Å²) in [7, 11) is 0. The number of amides is 1. The van der Waals surface area contributed by atoms with Gasteiger partial charge in [0.25, 0.3) is 5.91 Å². The first-order chi connectivity index (χ1) is 11.4. The molecule has 1 aromatic carbocycles. The molecule has 2 aromatic rings. The largest absolute Gasteiger partial charge is 0.468 e. The first kappa shape index (κ1) is 22.0. The van der Waals surface area contributed by atoms with Crippen molar-refractivity contribution < 1.29 is 22.7 Å². The summed E-state index contributed by atoms with van der Waals surface area (Å²) in [6, 6.07) is 8.16. The van der Waals surface area contributed by atoms with E-state index < -0.39 is 12.8 Å². The van der Waals surface area contributed by atoms with Crippen LogP contribution in [0, 0.1) is 0 Å². The minimum absolute atomic E-state index is 0. The average molecular weight is 410 g/mol. The summed E-state index contributed by atoms with van der Waals surface area (Å²) in [6.07, 6.45) is -3.17. The lowest BCUT2D eigenvalue weighted by molar-refractivity contribution is -0.154. The third-order valence-corrected chi connectivity index (χ3v) is 3.48. The van der Waals surface area contributed by atoms with Crippen LogP contribution in [-0.4, -0.2) is 23.7 Å². The summed E-state index contributed by atoms with van der Waals surface area (Å²) in [6.45, 7) is 0.110. The number of anilines is 1. The monoisotopic (exact) mass is 409 g/mol. The van der Waals surface area contributed by atoms with E-state index in [0.717, 1.165) is 18.7 Å². The highest BCUT2D eigenvalue weighted by atomic mass is 35.5. The number of aromatic nitrogens is 1. The molecule has 3 rings (SSSR count). The second-order valence-electron chi connectivity index (χ2n) is 5.33. The zero-order chi connectivity index (χ0) is 17.2. The van der Waals surface area contributed by atoms with Crippen molar-refractivity contribution in [3.8, 4) is 5.88 Å². The highest BCUT2D eigenvalue weighted by Crippen LogP contribution is 2.20. The Labute approximate surface area is 160 Å². The quantitative estimate of drug-likeness (QED) is 0.807. The Kier molecular flexibility index (Phi) is 7.68. The topological polar surface area (TPSA) is 63.2 Å². The van der Waals surface area contributed by atoms with Gasteiger partial charge < -0.3 is 15.4 Å². The molecule has 26 heavy (non-hydrogen) atoms. The second-order valence-corrected chi connectivity index (χ2v) is 5.33. The number of benzene rings is 1. The third-order valence-electron chi connectivity index (χ3n) is 3.48. The Bertz CT molecular complexity index is 755. The predicted molar refractivity (Wildman–Crippen MR) is 95.2 cm³/mol. The van der Waals surface area contributed by atoms with Crippen molar-refractivity contribution in [2.45, 2.75) is 19.3 Å². The van der Waals surface area contributed by atoms with Crippen LogP contribution in [0.2, 0.25) is 0 Å². The summed E-state index contributed by atoms with van der Waals surface area (Å²) in [5.41, 5.74) is 3.13. The maximum absolute atomic E-state index is 12.2. The maximum Gasteiger partial charge on any atom is 0.422 e. The zero-order valence-corrected chi connectivity index (χ0v) is 14.9. The number of carbonyl (C=O) groups excluding carboxylic acids is 1. The van der Waals surface area contributed by atoms with Crippen molar-refractivity contribution in [1.82, 2.24) is 10.3 Å². The molecule has 0 spiro atoms. The number of nitrogens with one attached hydrogen (secondary N) is 2. The van der Waals surface area contributed by atoms with Gasteiger partial charge in [0, 0.05) is 24.7 Å². The highest BCUT2D eigenvalue weighted by Gasteiger charge is 2.28. The molecule has 0 radical (unpaired) electrons. The molecule has 2 N–H and O–H groups in total. The minimum Gasteiger partial charge on any atom is -0.468 e. The number of carbonyl (C=O) groups is 1. The number of hydrogen-bond donors (Lipinski definition) is 2. The number of alkyl halides is 3. The third kappa shape index (κ3) is 5.76. The van der Waals surface area contributed by atoms with E-state index in [-0.39, 0.29) is 36.6 Å². The van der Waals surface area contributed by atoms with Crippen LogP contribution in [0.15, 0.2) is 36.5 Å². The van der Waals surface area contributed by atoms with Crippen LogP contribution >= 0.6 is 24.8 Å². The molecule has 142 valence electrons. The Morgan fingerprint density at radius 3 is 2.54 bits per heavy atom. The molecule has 0 saturated carbocycles. The Hall–Kier alpha value is -2.03. The fourth-order valence-corrected chi connectivity index (χ4v) is 2.33. The van der Waals surface area contributed by atoms with Crippen LogP contribution in [0.3, 0.4) is 0 Å². The number of halogens is 5. The molecule has 1 amide bonds. The van der Waals surface area contributed by atoms with Crippen LogP contribution in [-0.2, 0) is 13.1 Å². The first-order valence-electron chi connectivity index (χ1n) is 7.20. The lowest BCUT2D eigenvalue weighted by Gasteiger charge is -2.09. The smallest absolute Gasteiger partial charge is 0.422 e. The maximum atomic E-state index is 12.2. The highest BCUT2D eigenvalue weighted by molar-refractivity contribution is 6.04. The molecule has 0 bridgehead atoms. The summed E-state index contributed by atoms with van der Waals surface area (Å²) < 4.78 is 40.7. The van der Waals surface area contributed by atoms with Crippen LogP contribution in [0.25, 0.3) is 0 Å². The normalized spacial score (nSPS) is 12.4. The zero-order valence-electron chi connectivity index (χ0n) is 13.3. The molecular weight excluding hydrogens is 394 g/mol. The summed E-state index contributed by atoms with van der Waals surface area (Å²) in [5.74, 6) is -0.468. The summed E-state index contributed by atoms with van der Waals surface area (Å²) in [4.78, 5) is 16.0. The van der Waals surface area contributed by atoms with E-state index in [0.29, 0.717) is 11.3 Å². The fraction of sp³-hybridized carbons (Fsp3) is 0.250. The van der Waals surface area contributed by atoms with Crippen molar-refractivity contribution >= 4 is 36.4 Å². The predicted octanol–water partition coefficient (Wildman–Crippen LogP) is 3.72. The Morgan fingerprint density at radius 2 is 1.88 bits per heavy atom. The van der Waals surface area contributed by atoms with Gasteiger partial charge in [-0.15, -0.1) is 24.8 Å². The number of rotatable bonds is 4. The van der Waals surface area contributed by atoms with Crippen molar-refractivity contribution in [1.29, 1.82) is 0 Å². The van der Waals surface area contributed by atoms with Gasteiger partial charge >= 0.3 is 6.18 Å². The Morgan fingerprint density at radius 1 is 1.15 bits per heavy atom. The van der Waals surface area contributed by atoms with Crippen LogP contribution < -0.4 is 15.4 Å². The van der Waals surface area contributed by atoms with Crippen molar-refractivity contribution in [2.24, 2.45) is 0 Å². The van der Waals surface area contributed by atoms with Gasteiger partial charge in [-0.2, -0.15) is 13.2 Å². The number of pyridine rings is 1. The number of nitrogens with zero attached hydrogens (tertiary/aromatic N) is 1. The second kappa shape index (κ2) is 9.07. The molecule has 2 heterocycles. The molecule has 0 aliphatic carbocycles. The van der Waals surface area contributed by atoms with E-state index in [1.54, 1.807) is 6.07 Å². The van der Waals surface area contributed by atoms with Gasteiger partial charge in [0.05, 0.1) is 11.9 Å². The Balaban J connectivity index is 0.00000169. The van der Waals surface area contributed by atoms with Crippen LogP contribution in [0.5, 0.6) is 5.88 Å². The number of ether oxygens (including phenoxy) is 1. The van der Waals surface area contributed by atoms with Crippen LogP contribution in [0.4, 0.5) is 18.9 Å². The van der Waals surface area contributed by atoms with E-state index in [4.69, 9.17) is 0 Å². The molecule has 1 aliphatic rings. The van der Waals surface area contributed by atoms with E-state index in [1.165, 1.54) is 23.9 Å². The lowest BCUT2D eigenvalue weighted by atomic mass is 10.1. The van der Waals surface area contributed by atoms with Gasteiger partial charge in [0.2, 0.25) is 5.88 Å². The number of hydrogen-bond acceptors (Lipinski definition) is 4. The van der Waals surface area contributed by atoms with Gasteiger partial charge in [-0.05, 0) is 29.3 Å². The van der Waals surface area contributed by atoms with Crippen molar-refractivity contribution in [3.63, 3.8) is 0 Å². The molecule has 1 aliphatic heterocycles. The minimum atomic E-state index is -4.42. The van der Waals surface area contributed by atoms with Gasteiger partial charge in [0.1, 0.15) is 0 Å². The molecule has 1 aromatic heterocycles. The van der Waals surface area contributed by atoms with Crippen molar-refractivity contribution in [2.75, 3.05) is 11.9 Å². The van der Waals surface area contributed by atoms with Gasteiger partial charge in [-0.25, -0.2) is 4.98 Å². The molecule has 0 fully saturated rings. The number of fused-ring (bicyclic) bond motifs is 1. The van der Waals surface area contributed by atoms with Gasteiger partial charge in [-0.3, -0.25) is 4.79 Å². The van der Waals surface area contributed by atoms with Gasteiger partial charge in [-0.1, -0.05) is 6.07 Å². The molecular formula is C16H16Cl2F3N3O2. The van der Waals surface area contributed by atoms with E-state index in [1.807, 2.05) is 12.1 Å². The lowest BCUT2D eigenvalue weighted by Crippen LogP contribution is -2.19. The fourth-order valence-electron chi connectivity index (χ4n) is 2.33. The summed E-state index contributed by atoms with van der Waals surface area (Å²) in [5, 5.41) is 5.85. The standard InChI is InChI=1S/C16H14F3N3O2.2ClH/c17-16(18,19)9-24-14-4-3-13(8-21-14)22-15(23)10-1-2-11-6-20-7-12(11)5-10;;/h1-5,8,20H,6-7,9H2,(H,22,23);2*1H. The molecule has 0 unspecified atom stereocenters. The van der Waals surface area contributed by atoms with E-state index >= 15 is 0 Å². The molecule has 0 atom stereocenters. The van der Waals surface area contributed by atoms with E-state index in [9.17, 15) is 18.0 Å². The summed E-state index contributed by atoms with van der Waals surface area (Å²) >= 11 is 0. The van der Waals surface area contributed by atoms with E-state index in [2.05, 4.69) is 20.4 Å². The molecule has 10 heteroatoms. The molecule has 5 nitrogen and oxygen atoms in total.